The van der Waals surface area contributed by atoms with E-state index in [0.29, 0.717) is 43.0 Å². The molecule has 1 aliphatic rings. The van der Waals surface area contributed by atoms with Crippen LogP contribution >= 0.6 is 11.8 Å². The number of pyridine rings is 1. The number of aliphatic hydroxyl groups is 1. The molecule has 3 atom stereocenters. The topological polar surface area (TPSA) is 144 Å². The van der Waals surface area contributed by atoms with Crippen LogP contribution in [0.4, 0.5) is 0 Å². The number of hydroxylamine groups is 1. The highest BCUT2D eigenvalue weighted by molar-refractivity contribution is 7.99. The van der Waals surface area contributed by atoms with Gasteiger partial charge >= 0.3 is 0 Å². The average molecular weight is 672 g/mol. The van der Waals surface area contributed by atoms with Crippen LogP contribution in [-0.4, -0.2) is 34.0 Å². The molecule has 0 radical (unpaired) electrons. The molecular weight excluding hydrogens is 630 g/mol. The molecule has 0 saturated carbocycles. The number of thioether (sulfide) groups is 1. The molecule has 11 heteroatoms. The van der Waals surface area contributed by atoms with Crippen molar-refractivity contribution >= 4 is 23.6 Å². The fourth-order valence-electron chi connectivity index (χ4n) is 5.54. The number of hydrogen-bond donors (Lipinski definition) is 4. The van der Waals surface area contributed by atoms with Gasteiger partial charge in [0.25, 0.3) is 5.03 Å². The summed E-state index contributed by atoms with van der Waals surface area (Å²) in [6.07, 6.45) is 3.66. The van der Waals surface area contributed by atoms with Gasteiger partial charge < -0.3 is 25.1 Å². The number of ether oxygens (including phenoxy) is 2. The van der Waals surface area contributed by atoms with Crippen molar-refractivity contribution in [3.8, 4) is 11.1 Å². The SMILES string of the molecule is O=C(CCCCCC(=O)NCc1cccc(-c2cccc([C@@H]3O[C@H](CSc4cccc[n+]4[O-])C[C@H](c4ccc(CO)cc4)O3)c2)c1)NO. The molecule has 4 aromatic rings. The van der Waals surface area contributed by atoms with E-state index in [1.807, 2.05) is 66.7 Å². The van der Waals surface area contributed by atoms with Crippen molar-refractivity contribution in [2.45, 2.75) is 75.2 Å². The van der Waals surface area contributed by atoms with Crippen molar-refractivity contribution in [3.63, 3.8) is 0 Å². The number of carbonyl (C=O) groups is 2. The third-order valence-electron chi connectivity index (χ3n) is 8.16. The number of aliphatic hydroxyl groups excluding tert-OH is 1. The van der Waals surface area contributed by atoms with Crippen LogP contribution in [0.15, 0.2) is 102 Å². The summed E-state index contributed by atoms with van der Waals surface area (Å²) in [5, 5.41) is 33.9. The van der Waals surface area contributed by atoms with Crippen LogP contribution in [0.3, 0.4) is 0 Å². The largest absolute Gasteiger partial charge is 0.618 e. The Bertz CT molecular complexity index is 1650. The first-order valence-corrected chi connectivity index (χ1v) is 17.1. The Morgan fingerprint density at radius 1 is 0.833 bits per heavy atom. The molecule has 3 aromatic carbocycles. The smallest absolute Gasteiger partial charge is 0.251 e. The van der Waals surface area contributed by atoms with Crippen LogP contribution in [0.1, 0.15) is 73.2 Å². The molecule has 0 aliphatic carbocycles. The second-order valence-electron chi connectivity index (χ2n) is 11.7. The fourth-order valence-corrected chi connectivity index (χ4v) is 6.48. The van der Waals surface area contributed by atoms with Gasteiger partial charge in [0.15, 0.2) is 12.5 Å². The molecule has 0 unspecified atom stereocenters. The van der Waals surface area contributed by atoms with Crippen molar-refractivity contribution in [2.24, 2.45) is 0 Å². The van der Waals surface area contributed by atoms with Crippen molar-refractivity contribution in [1.29, 1.82) is 0 Å². The fraction of sp³-hybridized carbons (Fsp3) is 0.324. The van der Waals surface area contributed by atoms with Gasteiger partial charge in [-0.25, -0.2) is 5.48 Å². The lowest BCUT2D eigenvalue weighted by atomic mass is 9.99. The van der Waals surface area contributed by atoms with E-state index in [0.717, 1.165) is 44.5 Å². The Hall–Kier alpha value is -4.26. The molecule has 1 aliphatic heterocycles. The lowest BCUT2D eigenvalue weighted by Crippen LogP contribution is -2.32. The minimum atomic E-state index is -0.637. The zero-order chi connectivity index (χ0) is 33.7. The normalized spacial score (nSPS) is 17.5. The lowest BCUT2D eigenvalue weighted by molar-refractivity contribution is -0.645. The van der Waals surface area contributed by atoms with E-state index >= 15 is 0 Å². The summed E-state index contributed by atoms with van der Waals surface area (Å²) >= 11 is 1.45. The Morgan fingerprint density at radius 2 is 1.58 bits per heavy atom. The first kappa shape index (κ1) is 35.1. The van der Waals surface area contributed by atoms with Crippen molar-refractivity contribution < 1.29 is 34.1 Å². The molecule has 48 heavy (non-hydrogen) atoms. The Morgan fingerprint density at radius 3 is 2.33 bits per heavy atom. The summed E-state index contributed by atoms with van der Waals surface area (Å²) < 4.78 is 13.9. The van der Waals surface area contributed by atoms with Crippen LogP contribution in [-0.2, 0) is 32.2 Å². The molecular formula is C37H41N3O7S. The maximum atomic E-state index is 12.4. The van der Waals surface area contributed by atoms with Gasteiger partial charge in [0.2, 0.25) is 11.8 Å². The molecule has 4 N–H and O–H groups in total. The second kappa shape index (κ2) is 17.8. The maximum absolute atomic E-state index is 12.4. The molecule has 1 fully saturated rings. The Balaban J connectivity index is 1.25. The number of carbonyl (C=O) groups excluding carboxylic acids is 2. The molecule has 5 rings (SSSR count). The zero-order valence-electron chi connectivity index (χ0n) is 26.6. The summed E-state index contributed by atoms with van der Waals surface area (Å²) in [6.45, 7) is 0.369. The van der Waals surface area contributed by atoms with Crippen molar-refractivity contribution in [1.82, 2.24) is 10.8 Å². The monoisotopic (exact) mass is 671 g/mol. The first-order valence-electron chi connectivity index (χ1n) is 16.1. The minimum absolute atomic E-state index is 0.0293. The van der Waals surface area contributed by atoms with Gasteiger partial charge in [0.05, 0.1) is 18.8 Å². The average Bonchev–Trinajstić information content (AvgIpc) is 3.13. The minimum Gasteiger partial charge on any atom is -0.618 e. The molecule has 0 bridgehead atoms. The number of nitrogens with zero attached hydrogens (tertiary/aromatic N) is 1. The third kappa shape index (κ3) is 10.1. The summed E-state index contributed by atoms with van der Waals surface area (Å²) in [4.78, 5) is 23.5. The molecule has 0 spiro atoms. The molecule has 2 heterocycles. The van der Waals surface area contributed by atoms with Gasteiger partial charge in [0.1, 0.15) is 0 Å². The number of benzene rings is 3. The van der Waals surface area contributed by atoms with E-state index in [9.17, 15) is 19.9 Å². The second-order valence-corrected chi connectivity index (χ2v) is 12.8. The first-order chi connectivity index (χ1) is 23.4. The highest BCUT2D eigenvalue weighted by Crippen LogP contribution is 2.40. The van der Waals surface area contributed by atoms with Gasteiger partial charge in [-0.15, -0.1) is 0 Å². The Labute approximate surface area is 284 Å². The molecule has 2 amide bonds. The van der Waals surface area contributed by atoms with Crippen LogP contribution < -0.4 is 15.5 Å². The number of rotatable bonds is 15. The van der Waals surface area contributed by atoms with Crippen molar-refractivity contribution in [2.75, 3.05) is 5.75 Å². The maximum Gasteiger partial charge on any atom is 0.251 e. The van der Waals surface area contributed by atoms with Gasteiger partial charge in [-0.1, -0.05) is 78.8 Å². The lowest BCUT2D eigenvalue weighted by Gasteiger charge is -2.36. The highest BCUT2D eigenvalue weighted by Gasteiger charge is 2.33. The van der Waals surface area contributed by atoms with E-state index in [1.54, 1.807) is 17.6 Å². The number of nitrogens with one attached hydrogen (secondary N) is 2. The van der Waals surface area contributed by atoms with Crippen LogP contribution in [0.5, 0.6) is 0 Å². The summed E-state index contributed by atoms with van der Waals surface area (Å²) in [7, 11) is 0. The number of amides is 2. The molecule has 1 aromatic heterocycles. The zero-order valence-corrected chi connectivity index (χ0v) is 27.4. The van der Waals surface area contributed by atoms with Crippen LogP contribution in [0.25, 0.3) is 11.1 Å². The summed E-state index contributed by atoms with van der Waals surface area (Å²) in [5.41, 5.74) is 7.25. The van der Waals surface area contributed by atoms with E-state index in [-0.39, 0.29) is 31.1 Å². The third-order valence-corrected chi connectivity index (χ3v) is 9.31. The van der Waals surface area contributed by atoms with E-state index in [1.165, 1.54) is 18.0 Å². The summed E-state index contributed by atoms with van der Waals surface area (Å²) in [6, 6.07) is 29.2. The van der Waals surface area contributed by atoms with Crippen molar-refractivity contribution in [3.05, 3.63) is 125 Å². The van der Waals surface area contributed by atoms with Gasteiger partial charge in [-0.05, 0) is 58.9 Å². The standard InChI is InChI=1S/C37H41N3O7S/c41-24-26-15-17-28(18-16-26)33-22-32(25-48-36-14-4-5-19-40(36)45)46-37(47-33)31-11-7-10-30(21-31)29-9-6-8-27(20-29)23-38-34(42)12-2-1-3-13-35(43)39-44/h4-11,14-21,32-33,37,41,44H,1-3,12-13,22-25H2,(H,38,42)(H,39,43)/t32-,33+,37+/m0/s1. The van der Waals surface area contributed by atoms with E-state index in [4.69, 9.17) is 14.7 Å². The van der Waals surface area contributed by atoms with E-state index in [2.05, 4.69) is 17.4 Å². The van der Waals surface area contributed by atoms with Gasteiger partial charge in [-0.2, -0.15) is 4.73 Å². The van der Waals surface area contributed by atoms with Gasteiger partial charge in [0, 0.05) is 49.3 Å². The number of unbranched alkanes of at least 4 members (excludes halogenated alkanes) is 2. The molecule has 252 valence electrons. The quantitative estimate of drug-likeness (QED) is 0.0306. The molecule has 10 nitrogen and oxygen atoms in total. The van der Waals surface area contributed by atoms with Gasteiger partial charge in [-0.3, -0.25) is 14.8 Å². The van der Waals surface area contributed by atoms with E-state index < -0.39 is 12.2 Å². The number of aromatic nitrogens is 1. The predicted octanol–water partition coefficient (Wildman–Crippen LogP) is 5.89. The predicted molar refractivity (Wildman–Crippen MR) is 181 cm³/mol. The molecule has 1 saturated heterocycles. The van der Waals surface area contributed by atoms with Crippen LogP contribution in [0.2, 0.25) is 0 Å². The summed E-state index contributed by atoms with van der Waals surface area (Å²) in [5.74, 6) is 0.108. The van der Waals surface area contributed by atoms with Crippen LogP contribution in [0, 0.1) is 5.21 Å². The highest BCUT2D eigenvalue weighted by atomic mass is 32.2. The Kier molecular flexibility index (Phi) is 13.0. The number of hydrogen-bond acceptors (Lipinski definition) is 8.